The van der Waals surface area contributed by atoms with Crippen molar-refractivity contribution in [3.8, 4) is 11.3 Å². The van der Waals surface area contributed by atoms with E-state index < -0.39 is 5.25 Å². The zero-order valence-corrected chi connectivity index (χ0v) is 16.3. The first kappa shape index (κ1) is 18.4. The van der Waals surface area contributed by atoms with Crippen LogP contribution in [0.3, 0.4) is 0 Å². The van der Waals surface area contributed by atoms with E-state index in [1.807, 2.05) is 54.6 Å². The van der Waals surface area contributed by atoms with Crippen molar-refractivity contribution >= 4 is 39.3 Å². The third-order valence-electron chi connectivity index (χ3n) is 3.54. The lowest BCUT2D eigenvalue weighted by atomic mass is 10.1. The molecule has 0 aliphatic rings. The number of rotatable bonds is 5. The van der Waals surface area contributed by atoms with Gasteiger partial charge in [0.2, 0.25) is 5.91 Å². The van der Waals surface area contributed by atoms with E-state index in [0.717, 1.165) is 10.0 Å². The Balaban J connectivity index is 1.74. The molecule has 0 bridgehead atoms. The van der Waals surface area contributed by atoms with Gasteiger partial charge in [0.05, 0.1) is 10.9 Å². The smallest absolute Gasteiger partial charge is 0.252 e. The molecule has 0 radical (unpaired) electrons. The third-order valence-corrected chi connectivity index (χ3v) is 5.02. The number of anilines is 1. The summed E-state index contributed by atoms with van der Waals surface area (Å²) in [6.45, 7) is 1.77. The second-order valence-electron chi connectivity index (χ2n) is 5.56. The van der Waals surface area contributed by atoms with E-state index in [9.17, 15) is 9.59 Å². The predicted octanol–water partition coefficient (Wildman–Crippen LogP) is 4.32. The number of amides is 1. The number of carbonyl (C=O) groups is 1. The van der Waals surface area contributed by atoms with Crippen LogP contribution in [0.2, 0.25) is 0 Å². The molecule has 0 aliphatic carbocycles. The molecule has 132 valence electrons. The Morgan fingerprint density at radius 1 is 1.15 bits per heavy atom. The minimum Gasteiger partial charge on any atom is -0.325 e. The molecule has 0 fully saturated rings. The van der Waals surface area contributed by atoms with Crippen LogP contribution < -0.4 is 10.9 Å². The molecule has 2 aromatic carbocycles. The second kappa shape index (κ2) is 8.33. The van der Waals surface area contributed by atoms with Gasteiger partial charge in [-0.05, 0) is 25.1 Å². The van der Waals surface area contributed by atoms with Gasteiger partial charge >= 0.3 is 0 Å². The number of hydrogen-bond acceptors (Lipinski definition) is 4. The Kier molecular flexibility index (Phi) is 5.90. The Bertz CT molecular complexity index is 976. The lowest BCUT2D eigenvalue weighted by molar-refractivity contribution is -0.115. The molecule has 26 heavy (non-hydrogen) atoms. The number of hydrogen-bond donors (Lipinski definition) is 2. The molecule has 1 unspecified atom stereocenters. The standard InChI is InChI=1S/C19H16BrN3O2S/c1-12(18(25)21-15-9-5-8-14(20)10-15)26-19-22-16(11-17(24)23-19)13-6-3-2-4-7-13/h2-12H,1H3,(H,21,25)(H,22,23,24). The number of benzene rings is 2. The first-order valence-corrected chi connectivity index (χ1v) is 9.58. The second-order valence-corrected chi connectivity index (χ2v) is 7.81. The van der Waals surface area contributed by atoms with Gasteiger partial charge < -0.3 is 10.3 Å². The van der Waals surface area contributed by atoms with Crippen molar-refractivity contribution < 1.29 is 4.79 Å². The summed E-state index contributed by atoms with van der Waals surface area (Å²) in [6.07, 6.45) is 0. The average Bonchev–Trinajstić information content (AvgIpc) is 2.62. The highest BCUT2D eigenvalue weighted by molar-refractivity contribution is 9.10. The van der Waals surface area contributed by atoms with Crippen molar-refractivity contribution in [2.45, 2.75) is 17.3 Å². The van der Waals surface area contributed by atoms with Crippen molar-refractivity contribution in [3.05, 3.63) is 75.5 Å². The number of thioether (sulfide) groups is 1. The number of aromatic amines is 1. The van der Waals surface area contributed by atoms with Gasteiger partial charge in [0.15, 0.2) is 5.16 Å². The van der Waals surface area contributed by atoms with E-state index in [-0.39, 0.29) is 11.5 Å². The fourth-order valence-electron chi connectivity index (χ4n) is 2.28. The van der Waals surface area contributed by atoms with Crippen molar-refractivity contribution in [1.82, 2.24) is 9.97 Å². The molecule has 0 saturated heterocycles. The summed E-state index contributed by atoms with van der Waals surface area (Å²) in [5.41, 5.74) is 1.89. The van der Waals surface area contributed by atoms with Crippen molar-refractivity contribution in [3.63, 3.8) is 0 Å². The Hall–Kier alpha value is -2.38. The zero-order valence-electron chi connectivity index (χ0n) is 13.9. The maximum absolute atomic E-state index is 12.4. The van der Waals surface area contributed by atoms with Crippen molar-refractivity contribution in [2.24, 2.45) is 0 Å². The monoisotopic (exact) mass is 429 g/mol. The summed E-state index contributed by atoms with van der Waals surface area (Å²) in [5.74, 6) is -0.166. The van der Waals surface area contributed by atoms with Crippen LogP contribution >= 0.6 is 27.7 Å². The van der Waals surface area contributed by atoms with Crippen LogP contribution in [0.4, 0.5) is 5.69 Å². The molecular formula is C19H16BrN3O2S. The molecule has 7 heteroatoms. The molecule has 1 heterocycles. The summed E-state index contributed by atoms with van der Waals surface area (Å²) in [6, 6.07) is 18.3. The van der Waals surface area contributed by atoms with E-state index in [2.05, 4.69) is 31.2 Å². The molecule has 3 aromatic rings. The summed E-state index contributed by atoms with van der Waals surface area (Å²) < 4.78 is 0.886. The van der Waals surface area contributed by atoms with Gasteiger partial charge in [-0.3, -0.25) is 9.59 Å². The zero-order chi connectivity index (χ0) is 18.5. The average molecular weight is 430 g/mol. The summed E-state index contributed by atoms with van der Waals surface area (Å²) in [5, 5.41) is 2.84. The number of H-pyrrole nitrogens is 1. The molecule has 5 nitrogen and oxygen atoms in total. The SMILES string of the molecule is CC(Sc1nc(-c2ccccc2)cc(=O)[nH]1)C(=O)Nc1cccc(Br)c1. The van der Waals surface area contributed by atoms with Gasteiger partial charge in [-0.1, -0.05) is 64.1 Å². The van der Waals surface area contributed by atoms with Crippen LogP contribution in [-0.4, -0.2) is 21.1 Å². The van der Waals surface area contributed by atoms with E-state index in [0.29, 0.717) is 16.5 Å². The number of nitrogens with one attached hydrogen (secondary N) is 2. The number of aromatic nitrogens is 2. The van der Waals surface area contributed by atoms with Crippen LogP contribution in [0.5, 0.6) is 0 Å². The fraction of sp³-hybridized carbons (Fsp3) is 0.105. The lowest BCUT2D eigenvalue weighted by Crippen LogP contribution is -2.23. The molecule has 1 amide bonds. The summed E-state index contributed by atoms with van der Waals surface area (Å²) in [4.78, 5) is 31.5. The molecule has 1 aromatic heterocycles. The van der Waals surface area contributed by atoms with Crippen molar-refractivity contribution in [1.29, 1.82) is 0 Å². The van der Waals surface area contributed by atoms with E-state index in [4.69, 9.17) is 0 Å². The van der Waals surface area contributed by atoms with E-state index in [1.54, 1.807) is 6.92 Å². The van der Waals surface area contributed by atoms with E-state index >= 15 is 0 Å². The number of carbonyl (C=O) groups excluding carboxylic acids is 1. The number of halogens is 1. The molecular weight excluding hydrogens is 414 g/mol. The topological polar surface area (TPSA) is 74.8 Å². The Labute approximate surface area is 163 Å². The van der Waals surface area contributed by atoms with Crippen LogP contribution in [0.1, 0.15) is 6.92 Å². The summed E-state index contributed by atoms with van der Waals surface area (Å²) >= 11 is 4.58. The highest BCUT2D eigenvalue weighted by atomic mass is 79.9. The Morgan fingerprint density at radius 2 is 1.92 bits per heavy atom. The maximum Gasteiger partial charge on any atom is 0.252 e. The van der Waals surface area contributed by atoms with Gasteiger partial charge in [-0.15, -0.1) is 0 Å². The van der Waals surface area contributed by atoms with Gasteiger partial charge in [0, 0.05) is 21.8 Å². The molecule has 2 N–H and O–H groups in total. The van der Waals surface area contributed by atoms with Crippen LogP contribution in [0.15, 0.2) is 75.1 Å². The van der Waals surface area contributed by atoms with Crippen LogP contribution in [-0.2, 0) is 4.79 Å². The first-order valence-electron chi connectivity index (χ1n) is 7.91. The molecule has 0 aliphatic heterocycles. The minimum atomic E-state index is -0.428. The van der Waals surface area contributed by atoms with Gasteiger partial charge in [0.1, 0.15) is 0 Å². The molecule has 0 saturated carbocycles. The minimum absolute atomic E-state index is 0.166. The predicted molar refractivity (Wildman–Crippen MR) is 108 cm³/mol. The highest BCUT2D eigenvalue weighted by Crippen LogP contribution is 2.23. The summed E-state index contributed by atoms with van der Waals surface area (Å²) in [7, 11) is 0. The third kappa shape index (κ3) is 4.83. The fourth-order valence-corrected chi connectivity index (χ4v) is 3.49. The first-order chi connectivity index (χ1) is 12.5. The largest absolute Gasteiger partial charge is 0.325 e. The molecule has 1 atom stereocenters. The van der Waals surface area contributed by atoms with Gasteiger partial charge in [-0.25, -0.2) is 4.98 Å². The van der Waals surface area contributed by atoms with Crippen molar-refractivity contribution in [2.75, 3.05) is 5.32 Å². The normalized spacial score (nSPS) is 11.8. The highest BCUT2D eigenvalue weighted by Gasteiger charge is 2.17. The molecule has 3 rings (SSSR count). The maximum atomic E-state index is 12.4. The van der Waals surface area contributed by atoms with Gasteiger partial charge in [0.25, 0.3) is 5.56 Å². The van der Waals surface area contributed by atoms with E-state index in [1.165, 1.54) is 17.8 Å². The Morgan fingerprint density at radius 3 is 2.65 bits per heavy atom. The quantitative estimate of drug-likeness (QED) is 0.467. The lowest BCUT2D eigenvalue weighted by Gasteiger charge is -2.12. The molecule has 0 spiro atoms. The number of nitrogens with zero attached hydrogens (tertiary/aromatic N) is 1. The van der Waals surface area contributed by atoms with Gasteiger partial charge in [-0.2, -0.15) is 0 Å². The van der Waals surface area contributed by atoms with Crippen LogP contribution in [0.25, 0.3) is 11.3 Å². The van der Waals surface area contributed by atoms with Crippen LogP contribution in [0, 0.1) is 0 Å².